The number of nitrogens with one attached hydrogen (secondary N) is 1. The maximum Gasteiger partial charge on any atom is 0.254 e. The molecule has 2 N–H and O–H groups in total. The number of H-pyrrole nitrogens is 1. The molecule has 5 heteroatoms. The molecule has 1 amide bonds. The Hall–Kier alpha value is -2.79. The highest BCUT2D eigenvalue weighted by molar-refractivity contribution is 6.06. The number of aromatic hydroxyl groups is 1. The first kappa shape index (κ1) is 14.8. The maximum atomic E-state index is 13.0. The lowest BCUT2D eigenvalue weighted by atomic mass is 10.1. The fourth-order valence-corrected chi connectivity index (χ4v) is 3.20. The van der Waals surface area contributed by atoms with Crippen molar-refractivity contribution < 1.29 is 14.6 Å². The highest BCUT2D eigenvalue weighted by Crippen LogP contribution is 2.27. The Balaban J connectivity index is 1.60. The number of carbonyl (C=O) groups is 1. The smallest absolute Gasteiger partial charge is 0.254 e. The van der Waals surface area contributed by atoms with Crippen LogP contribution in [0.2, 0.25) is 0 Å². The molecule has 0 radical (unpaired) electrons. The Morgan fingerprint density at radius 2 is 2.08 bits per heavy atom. The van der Waals surface area contributed by atoms with Crippen LogP contribution < -0.4 is 0 Å². The summed E-state index contributed by atoms with van der Waals surface area (Å²) in [6, 6.07) is 14.6. The molecule has 1 aliphatic rings. The first-order valence-electron chi connectivity index (χ1n) is 7.98. The molecular weight excluding hydrogens is 304 g/mol. The van der Waals surface area contributed by atoms with Crippen LogP contribution >= 0.6 is 0 Å². The van der Waals surface area contributed by atoms with Gasteiger partial charge in [-0.25, -0.2) is 0 Å². The third-order valence-corrected chi connectivity index (χ3v) is 4.42. The number of hydrogen-bond donors (Lipinski definition) is 2. The van der Waals surface area contributed by atoms with Crippen LogP contribution in [0, 0.1) is 0 Å². The van der Waals surface area contributed by atoms with Gasteiger partial charge in [0.05, 0.1) is 13.2 Å². The minimum absolute atomic E-state index is 0.00801. The molecule has 0 bridgehead atoms. The molecule has 1 fully saturated rings. The number of rotatable bonds is 2. The van der Waals surface area contributed by atoms with E-state index in [1.807, 2.05) is 41.4 Å². The minimum Gasteiger partial charge on any atom is -0.508 e. The van der Waals surface area contributed by atoms with Gasteiger partial charge >= 0.3 is 0 Å². The molecule has 3 aromatic rings. The molecular formula is C19H18N2O3. The van der Waals surface area contributed by atoms with E-state index in [1.54, 1.807) is 18.2 Å². The normalized spacial score (nSPS) is 18.0. The Labute approximate surface area is 139 Å². The van der Waals surface area contributed by atoms with E-state index in [2.05, 4.69) is 4.98 Å². The number of ether oxygens (including phenoxy) is 1. The lowest BCUT2D eigenvalue weighted by Gasteiger charge is -2.33. The van der Waals surface area contributed by atoms with Gasteiger partial charge in [0.15, 0.2) is 0 Å². The van der Waals surface area contributed by atoms with Gasteiger partial charge in [-0.15, -0.1) is 0 Å². The predicted octanol–water partition coefficient (Wildman–Crippen LogP) is 3.09. The molecule has 2 aromatic carbocycles. The fourth-order valence-electron chi connectivity index (χ4n) is 3.20. The van der Waals surface area contributed by atoms with Crippen LogP contribution in [-0.4, -0.2) is 40.6 Å². The third-order valence-electron chi connectivity index (χ3n) is 4.42. The highest BCUT2D eigenvalue weighted by Gasteiger charge is 2.27. The van der Waals surface area contributed by atoms with E-state index in [0.29, 0.717) is 25.3 Å². The van der Waals surface area contributed by atoms with Crippen molar-refractivity contribution in [3.8, 4) is 5.75 Å². The van der Waals surface area contributed by atoms with Gasteiger partial charge in [0.1, 0.15) is 11.9 Å². The topological polar surface area (TPSA) is 65.6 Å². The third kappa shape index (κ3) is 2.63. The molecule has 0 saturated carbocycles. The van der Waals surface area contributed by atoms with Gasteiger partial charge < -0.3 is 19.7 Å². The van der Waals surface area contributed by atoms with E-state index >= 15 is 0 Å². The standard InChI is InChI=1S/C19H18N2O3/c22-14-4-1-3-13(11-14)18-12-21(9-10-24-18)19(23)16-5-2-6-17-15(16)7-8-20-17/h1-8,11,18,20,22H,9-10,12H2. The van der Waals surface area contributed by atoms with E-state index in [1.165, 1.54) is 0 Å². The van der Waals surface area contributed by atoms with Crippen molar-refractivity contribution in [3.63, 3.8) is 0 Å². The second-order valence-electron chi connectivity index (χ2n) is 5.95. The molecule has 1 atom stereocenters. The number of amides is 1. The number of nitrogens with zero attached hydrogens (tertiary/aromatic N) is 1. The number of morpholine rings is 1. The molecule has 1 saturated heterocycles. The summed E-state index contributed by atoms with van der Waals surface area (Å²) in [6.45, 7) is 1.52. The molecule has 1 unspecified atom stereocenters. The van der Waals surface area contributed by atoms with Crippen LogP contribution in [0.5, 0.6) is 5.75 Å². The second kappa shape index (κ2) is 6.02. The van der Waals surface area contributed by atoms with Gasteiger partial charge in [0.2, 0.25) is 0 Å². The minimum atomic E-state index is -0.222. The zero-order valence-electron chi connectivity index (χ0n) is 13.1. The zero-order valence-corrected chi connectivity index (χ0v) is 13.1. The average Bonchev–Trinajstić information content (AvgIpc) is 3.10. The summed E-state index contributed by atoms with van der Waals surface area (Å²) in [5, 5.41) is 10.6. The van der Waals surface area contributed by atoms with Crippen molar-refractivity contribution in [3.05, 3.63) is 65.9 Å². The van der Waals surface area contributed by atoms with Gasteiger partial charge in [-0.1, -0.05) is 18.2 Å². The molecule has 0 spiro atoms. The Morgan fingerprint density at radius 1 is 1.21 bits per heavy atom. The van der Waals surface area contributed by atoms with Gasteiger partial charge in [-0.3, -0.25) is 4.79 Å². The Morgan fingerprint density at radius 3 is 2.96 bits per heavy atom. The van der Waals surface area contributed by atoms with Crippen molar-refractivity contribution in [2.75, 3.05) is 19.7 Å². The van der Waals surface area contributed by atoms with E-state index in [-0.39, 0.29) is 17.8 Å². The molecule has 4 rings (SSSR count). The number of carbonyl (C=O) groups excluding carboxylic acids is 1. The first-order chi connectivity index (χ1) is 11.7. The second-order valence-corrected chi connectivity index (χ2v) is 5.95. The number of fused-ring (bicyclic) bond motifs is 1. The quantitative estimate of drug-likeness (QED) is 0.762. The number of aromatic amines is 1. The van der Waals surface area contributed by atoms with Gasteiger partial charge in [0.25, 0.3) is 5.91 Å². The average molecular weight is 322 g/mol. The summed E-state index contributed by atoms with van der Waals surface area (Å²) in [6.07, 6.45) is 1.62. The van der Waals surface area contributed by atoms with Crippen LogP contribution in [0.15, 0.2) is 54.7 Å². The largest absolute Gasteiger partial charge is 0.508 e. The lowest BCUT2D eigenvalue weighted by Crippen LogP contribution is -2.42. The number of phenolic OH excluding ortho intramolecular Hbond substituents is 1. The molecule has 2 heterocycles. The summed E-state index contributed by atoms with van der Waals surface area (Å²) in [5.41, 5.74) is 2.54. The van der Waals surface area contributed by atoms with Crippen molar-refractivity contribution in [1.82, 2.24) is 9.88 Å². The fraction of sp³-hybridized carbons (Fsp3) is 0.211. The lowest BCUT2D eigenvalue weighted by molar-refractivity contribution is -0.0228. The molecule has 5 nitrogen and oxygen atoms in total. The van der Waals surface area contributed by atoms with Crippen LogP contribution in [0.25, 0.3) is 10.9 Å². The van der Waals surface area contributed by atoms with E-state index in [9.17, 15) is 9.90 Å². The van der Waals surface area contributed by atoms with Crippen LogP contribution in [0.4, 0.5) is 0 Å². The van der Waals surface area contributed by atoms with Crippen LogP contribution in [-0.2, 0) is 4.74 Å². The molecule has 122 valence electrons. The van der Waals surface area contributed by atoms with Gasteiger partial charge in [-0.2, -0.15) is 0 Å². The maximum absolute atomic E-state index is 13.0. The summed E-state index contributed by atoms with van der Waals surface area (Å²) in [7, 11) is 0. The Bertz CT molecular complexity index is 887. The summed E-state index contributed by atoms with van der Waals surface area (Å²) in [5.74, 6) is 0.213. The van der Waals surface area contributed by atoms with Crippen molar-refractivity contribution >= 4 is 16.8 Å². The van der Waals surface area contributed by atoms with Gasteiger partial charge in [-0.05, 0) is 35.9 Å². The molecule has 1 aromatic heterocycles. The molecule has 24 heavy (non-hydrogen) atoms. The first-order valence-corrected chi connectivity index (χ1v) is 7.98. The number of hydrogen-bond acceptors (Lipinski definition) is 3. The SMILES string of the molecule is O=C(c1cccc2[nH]ccc12)N1CCOC(c2cccc(O)c2)C1. The predicted molar refractivity (Wildman–Crippen MR) is 91.0 cm³/mol. The molecule has 0 aliphatic carbocycles. The van der Waals surface area contributed by atoms with Crippen molar-refractivity contribution in [2.24, 2.45) is 0 Å². The van der Waals surface area contributed by atoms with E-state index in [4.69, 9.17) is 4.74 Å². The van der Waals surface area contributed by atoms with E-state index < -0.39 is 0 Å². The number of phenols is 1. The van der Waals surface area contributed by atoms with Crippen LogP contribution in [0.3, 0.4) is 0 Å². The van der Waals surface area contributed by atoms with Gasteiger partial charge in [0, 0.05) is 29.2 Å². The van der Waals surface area contributed by atoms with Crippen molar-refractivity contribution in [2.45, 2.75) is 6.10 Å². The number of aromatic nitrogens is 1. The Kier molecular flexibility index (Phi) is 3.70. The van der Waals surface area contributed by atoms with Crippen molar-refractivity contribution in [1.29, 1.82) is 0 Å². The monoisotopic (exact) mass is 322 g/mol. The van der Waals surface area contributed by atoms with Crippen LogP contribution in [0.1, 0.15) is 22.0 Å². The summed E-state index contributed by atoms with van der Waals surface area (Å²) in [4.78, 5) is 17.9. The molecule has 1 aliphatic heterocycles. The number of benzene rings is 2. The zero-order chi connectivity index (χ0) is 16.5. The summed E-state index contributed by atoms with van der Waals surface area (Å²) < 4.78 is 5.80. The highest BCUT2D eigenvalue weighted by atomic mass is 16.5. The van der Waals surface area contributed by atoms with E-state index in [0.717, 1.165) is 16.5 Å². The summed E-state index contributed by atoms with van der Waals surface area (Å²) >= 11 is 0.